The van der Waals surface area contributed by atoms with E-state index in [-0.39, 0.29) is 11.9 Å². The van der Waals surface area contributed by atoms with Gasteiger partial charge in [0.1, 0.15) is 0 Å². The van der Waals surface area contributed by atoms with Crippen LogP contribution in [0.15, 0.2) is 24.7 Å². The number of carbonyl (C=O) groups is 1. The van der Waals surface area contributed by atoms with Gasteiger partial charge in [0.2, 0.25) is 0 Å². The number of hydrogen-bond acceptors (Lipinski definition) is 5. The summed E-state index contributed by atoms with van der Waals surface area (Å²) in [4.78, 5) is 23.8. The molecule has 3 aliphatic rings. The Hall–Kier alpha value is -2.28. The number of hydrogen-bond donors (Lipinski definition) is 1. The van der Waals surface area contributed by atoms with Crippen molar-refractivity contribution < 1.29 is 4.79 Å². The summed E-state index contributed by atoms with van der Waals surface area (Å²) in [6.45, 7) is 2.70. The van der Waals surface area contributed by atoms with Crippen molar-refractivity contribution in [1.29, 1.82) is 0 Å². The molecule has 2 aromatic rings. The Bertz CT molecular complexity index is 752. The molecule has 2 aromatic heterocycles. The summed E-state index contributed by atoms with van der Waals surface area (Å²) in [5, 5.41) is 4.41. The average Bonchev–Trinajstić information content (AvgIpc) is 2.95. The van der Waals surface area contributed by atoms with E-state index >= 15 is 0 Å². The van der Waals surface area contributed by atoms with Crippen molar-refractivity contribution in [3.05, 3.63) is 30.4 Å². The van der Waals surface area contributed by atoms with E-state index in [4.69, 9.17) is 5.73 Å². The predicted octanol–water partition coefficient (Wildman–Crippen LogP) is 1.07. The lowest BCUT2D eigenvalue weighted by atomic mass is 9.64. The Balaban J connectivity index is 1.72. The molecule has 24 heavy (non-hydrogen) atoms. The Labute approximate surface area is 140 Å². The fraction of sp³-hybridized carbons (Fsp3) is 0.529. The highest BCUT2D eigenvalue weighted by atomic mass is 16.2. The van der Waals surface area contributed by atoms with E-state index in [1.807, 2.05) is 11.9 Å². The van der Waals surface area contributed by atoms with Crippen LogP contribution in [0.3, 0.4) is 0 Å². The predicted molar refractivity (Wildman–Crippen MR) is 88.9 cm³/mol. The number of rotatable bonds is 3. The minimum Gasteiger partial charge on any atom is -0.330 e. The van der Waals surface area contributed by atoms with Gasteiger partial charge in [-0.1, -0.05) is 6.92 Å². The second kappa shape index (κ2) is 5.66. The summed E-state index contributed by atoms with van der Waals surface area (Å²) in [6.07, 6.45) is 7.30. The largest absolute Gasteiger partial charge is 0.330 e. The van der Waals surface area contributed by atoms with Gasteiger partial charge >= 0.3 is 0 Å². The zero-order valence-corrected chi connectivity index (χ0v) is 14.0. The summed E-state index contributed by atoms with van der Waals surface area (Å²) in [6, 6.07) is 2.13. The van der Waals surface area contributed by atoms with Crippen LogP contribution < -0.4 is 5.73 Å². The Morgan fingerprint density at radius 2 is 2.04 bits per heavy atom. The van der Waals surface area contributed by atoms with Crippen molar-refractivity contribution in [3.8, 4) is 11.4 Å². The van der Waals surface area contributed by atoms with Gasteiger partial charge in [-0.3, -0.25) is 9.48 Å². The van der Waals surface area contributed by atoms with Crippen LogP contribution in [0.4, 0.5) is 0 Å². The fourth-order valence-electron chi connectivity index (χ4n) is 4.14. The molecule has 0 spiro atoms. The standard InChI is InChI=1S/C17H22N6O/c1-10-11-6-12(7-11)23(14(10)8-18)17(24)15-13(9-22(2)21-15)16-19-4-3-5-20-16/h3-5,9-12,14H,6-8,18H2,1-2H3/t10-,11?,12?,14-/m1/s1. The van der Waals surface area contributed by atoms with E-state index in [0.29, 0.717) is 41.5 Å². The first-order chi connectivity index (χ1) is 11.6. The SMILES string of the molecule is C[C@@H]1C2CC(C2)N(C(=O)c2nn(C)cc2-c2ncccn2)[C@@H]1CN. The molecule has 2 atom stereocenters. The van der Waals surface area contributed by atoms with Gasteiger partial charge in [-0.05, 0) is 30.7 Å². The topological polar surface area (TPSA) is 89.9 Å². The lowest BCUT2D eigenvalue weighted by molar-refractivity contribution is -0.0517. The highest BCUT2D eigenvalue weighted by Gasteiger charge is 2.50. The first kappa shape index (κ1) is 15.3. The first-order valence-corrected chi connectivity index (χ1v) is 8.44. The van der Waals surface area contributed by atoms with Crippen LogP contribution in [0.25, 0.3) is 11.4 Å². The van der Waals surface area contributed by atoms with E-state index in [1.165, 1.54) is 0 Å². The van der Waals surface area contributed by atoms with Crippen molar-refractivity contribution >= 4 is 5.91 Å². The lowest BCUT2D eigenvalue weighted by Gasteiger charge is -2.57. The van der Waals surface area contributed by atoms with E-state index < -0.39 is 0 Å². The first-order valence-electron chi connectivity index (χ1n) is 8.44. The number of piperidine rings is 2. The highest BCUT2D eigenvalue weighted by Crippen LogP contribution is 2.46. The summed E-state index contributed by atoms with van der Waals surface area (Å²) in [5.74, 6) is 1.61. The van der Waals surface area contributed by atoms with E-state index in [2.05, 4.69) is 22.0 Å². The molecule has 2 N–H and O–H groups in total. The molecule has 7 heteroatoms. The van der Waals surface area contributed by atoms with Crippen LogP contribution in [0, 0.1) is 11.8 Å². The maximum Gasteiger partial charge on any atom is 0.275 e. The van der Waals surface area contributed by atoms with Gasteiger partial charge < -0.3 is 10.6 Å². The third-order valence-corrected chi connectivity index (χ3v) is 5.56. The summed E-state index contributed by atoms with van der Waals surface area (Å²) in [5.41, 5.74) is 7.08. The van der Waals surface area contributed by atoms with Gasteiger partial charge in [0.25, 0.3) is 5.91 Å². The average molecular weight is 326 g/mol. The number of nitrogens with two attached hydrogens (primary N) is 1. The fourth-order valence-corrected chi connectivity index (χ4v) is 4.14. The van der Waals surface area contributed by atoms with E-state index in [1.54, 1.807) is 29.3 Å². The van der Waals surface area contributed by atoms with Crippen molar-refractivity contribution in [2.24, 2.45) is 24.6 Å². The lowest BCUT2D eigenvalue weighted by Crippen LogP contribution is -2.64. The minimum atomic E-state index is -0.0523. The maximum atomic E-state index is 13.3. The van der Waals surface area contributed by atoms with Crippen molar-refractivity contribution in [3.63, 3.8) is 0 Å². The molecule has 0 unspecified atom stereocenters. The molecule has 1 saturated carbocycles. The smallest absolute Gasteiger partial charge is 0.275 e. The molecule has 0 aromatic carbocycles. The molecular formula is C17H22N6O. The molecule has 2 saturated heterocycles. The van der Waals surface area contributed by atoms with Crippen molar-refractivity contribution in [2.45, 2.75) is 31.8 Å². The Kier molecular flexibility index (Phi) is 3.60. The van der Waals surface area contributed by atoms with Crippen molar-refractivity contribution in [2.75, 3.05) is 6.54 Å². The number of carbonyl (C=O) groups excluding carboxylic acids is 1. The second-order valence-corrected chi connectivity index (χ2v) is 6.90. The molecule has 2 aliphatic heterocycles. The summed E-state index contributed by atoms with van der Waals surface area (Å²) < 4.78 is 1.65. The number of aryl methyl sites for hydroxylation is 1. The quantitative estimate of drug-likeness (QED) is 0.911. The van der Waals surface area contributed by atoms with Crippen LogP contribution in [-0.2, 0) is 7.05 Å². The summed E-state index contributed by atoms with van der Waals surface area (Å²) >= 11 is 0. The van der Waals surface area contributed by atoms with Gasteiger partial charge in [-0.2, -0.15) is 5.10 Å². The highest BCUT2D eigenvalue weighted by molar-refractivity contribution is 5.98. The second-order valence-electron chi connectivity index (χ2n) is 6.90. The third-order valence-electron chi connectivity index (χ3n) is 5.56. The molecule has 1 amide bonds. The maximum absolute atomic E-state index is 13.3. The molecule has 5 rings (SSSR count). The number of aromatic nitrogens is 4. The zero-order chi connectivity index (χ0) is 16.8. The van der Waals surface area contributed by atoms with Crippen LogP contribution in [0.1, 0.15) is 30.3 Å². The molecule has 3 fully saturated rings. The van der Waals surface area contributed by atoms with Gasteiger partial charge in [0, 0.05) is 44.3 Å². The third kappa shape index (κ3) is 2.23. The molecule has 2 bridgehead atoms. The molecule has 7 nitrogen and oxygen atoms in total. The molecule has 0 radical (unpaired) electrons. The Morgan fingerprint density at radius 1 is 1.33 bits per heavy atom. The molecular weight excluding hydrogens is 304 g/mol. The van der Waals surface area contributed by atoms with Gasteiger partial charge in [-0.15, -0.1) is 0 Å². The minimum absolute atomic E-state index is 0.0523. The normalized spacial score (nSPS) is 28.5. The van der Waals surface area contributed by atoms with Gasteiger partial charge in [-0.25, -0.2) is 9.97 Å². The number of nitrogens with zero attached hydrogens (tertiary/aromatic N) is 5. The van der Waals surface area contributed by atoms with Crippen LogP contribution in [-0.4, -0.2) is 49.2 Å². The Morgan fingerprint density at radius 3 is 2.71 bits per heavy atom. The van der Waals surface area contributed by atoms with Crippen molar-refractivity contribution in [1.82, 2.24) is 24.6 Å². The summed E-state index contributed by atoms with van der Waals surface area (Å²) in [7, 11) is 1.81. The molecule has 4 heterocycles. The number of amides is 1. The molecule has 1 aliphatic carbocycles. The van der Waals surface area contributed by atoms with E-state index in [9.17, 15) is 4.79 Å². The van der Waals surface area contributed by atoms with Gasteiger partial charge in [0.05, 0.1) is 5.56 Å². The molecule has 126 valence electrons. The van der Waals surface area contributed by atoms with Crippen LogP contribution in [0.2, 0.25) is 0 Å². The monoisotopic (exact) mass is 326 g/mol. The van der Waals surface area contributed by atoms with Crippen LogP contribution in [0.5, 0.6) is 0 Å². The van der Waals surface area contributed by atoms with E-state index in [0.717, 1.165) is 12.8 Å². The zero-order valence-electron chi connectivity index (χ0n) is 14.0. The number of fused-ring (bicyclic) bond motifs is 2. The van der Waals surface area contributed by atoms with Crippen LogP contribution >= 0.6 is 0 Å². The van der Waals surface area contributed by atoms with Gasteiger partial charge in [0.15, 0.2) is 11.5 Å².